The summed E-state index contributed by atoms with van der Waals surface area (Å²) in [5, 5.41) is 10.3. The largest absolute Gasteiger partial charge is 0.507 e. The Balaban J connectivity index is 1.68. The second-order valence-corrected chi connectivity index (χ2v) is 8.15. The second kappa shape index (κ2) is 7.20. The van der Waals surface area contributed by atoms with Crippen LogP contribution >= 0.6 is 0 Å². The van der Waals surface area contributed by atoms with Crippen molar-refractivity contribution in [1.29, 1.82) is 0 Å². The highest BCUT2D eigenvalue weighted by molar-refractivity contribution is 5.83. The highest BCUT2D eigenvalue weighted by Gasteiger charge is 2.35. The average Bonchev–Trinajstić information content (AvgIpc) is 3.01. The summed E-state index contributed by atoms with van der Waals surface area (Å²) >= 11 is 0. The monoisotopic (exact) mass is 409 g/mol. The molecule has 0 saturated heterocycles. The average molecular weight is 409 g/mol. The lowest BCUT2D eigenvalue weighted by Gasteiger charge is -2.21. The van der Waals surface area contributed by atoms with Crippen LogP contribution in [-0.2, 0) is 5.41 Å². The van der Waals surface area contributed by atoms with E-state index in [9.17, 15) is 5.11 Å². The molecule has 1 N–H and O–H groups in total. The summed E-state index contributed by atoms with van der Waals surface area (Å²) in [6, 6.07) is 22.1. The number of phenols is 1. The van der Waals surface area contributed by atoms with E-state index in [4.69, 9.17) is 4.74 Å². The SMILES string of the molecule is CCOc1nc(-c2ccc3c(c2)-c2ccccc2C3(C)C)nc(-c2ccccc2O)n1. The Kier molecular flexibility index (Phi) is 4.47. The van der Waals surface area contributed by atoms with Crippen molar-refractivity contribution in [3.8, 4) is 45.7 Å². The summed E-state index contributed by atoms with van der Waals surface area (Å²) in [5.41, 5.74) is 6.41. The highest BCUT2D eigenvalue weighted by atomic mass is 16.5. The standard InChI is InChI=1S/C26H23N3O2/c1-4-31-25-28-23(27-24(29-25)18-10-6-8-12-22(18)30)16-13-14-21-19(15-16)17-9-5-7-11-20(17)26(21,2)3/h5-15,30H,4H2,1-3H3. The summed E-state index contributed by atoms with van der Waals surface area (Å²) in [5.74, 6) is 1.01. The first-order chi connectivity index (χ1) is 15.0. The van der Waals surface area contributed by atoms with Gasteiger partial charge in [-0.1, -0.05) is 62.4 Å². The van der Waals surface area contributed by atoms with Crippen LogP contribution in [0.2, 0.25) is 0 Å². The molecule has 0 saturated carbocycles. The van der Waals surface area contributed by atoms with Gasteiger partial charge in [-0.3, -0.25) is 0 Å². The van der Waals surface area contributed by atoms with E-state index in [0.29, 0.717) is 23.8 Å². The van der Waals surface area contributed by atoms with E-state index >= 15 is 0 Å². The lowest BCUT2D eigenvalue weighted by molar-refractivity contribution is 0.312. The number of ether oxygens (including phenoxy) is 1. The van der Waals surface area contributed by atoms with Gasteiger partial charge in [-0.05, 0) is 47.4 Å². The zero-order valence-electron chi connectivity index (χ0n) is 17.8. The summed E-state index contributed by atoms with van der Waals surface area (Å²) in [7, 11) is 0. The predicted octanol–water partition coefficient (Wildman–Crippen LogP) is 5.62. The molecule has 0 radical (unpaired) electrons. The third-order valence-corrected chi connectivity index (χ3v) is 5.87. The van der Waals surface area contributed by atoms with Gasteiger partial charge < -0.3 is 9.84 Å². The third-order valence-electron chi connectivity index (χ3n) is 5.87. The van der Waals surface area contributed by atoms with Crippen molar-refractivity contribution in [1.82, 2.24) is 15.0 Å². The van der Waals surface area contributed by atoms with Gasteiger partial charge in [-0.2, -0.15) is 9.97 Å². The summed E-state index contributed by atoms with van der Waals surface area (Å²) in [6.45, 7) is 6.83. The first-order valence-corrected chi connectivity index (χ1v) is 10.4. The number of hydrogen-bond acceptors (Lipinski definition) is 5. The van der Waals surface area contributed by atoms with Crippen molar-refractivity contribution in [3.63, 3.8) is 0 Å². The summed E-state index contributed by atoms with van der Waals surface area (Å²) in [6.07, 6.45) is 0. The molecule has 0 spiro atoms. The van der Waals surface area contributed by atoms with E-state index in [-0.39, 0.29) is 17.2 Å². The molecule has 1 heterocycles. The van der Waals surface area contributed by atoms with Crippen LogP contribution in [0.1, 0.15) is 31.9 Å². The molecule has 4 aromatic rings. The molecule has 154 valence electrons. The summed E-state index contributed by atoms with van der Waals surface area (Å²) < 4.78 is 5.61. The Labute approximate surface area is 181 Å². The van der Waals surface area contributed by atoms with Crippen molar-refractivity contribution < 1.29 is 9.84 Å². The molecule has 0 amide bonds. The molecule has 31 heavy (non-hydrogen) atoms. The number of fused-ring (bicyclic) bond motifs is 3. The minimum absolute atomic E-state index is 0.0545. The molecule has 0 fully saturated rings. The summed E-state index contributed by atoms with van der Waals surface area (Å²) in [4.78, 5) is 13.6. The molecule has 0 bridgehead atoms. The van der Waals surface area contributed by atoms with Crippen LogP contribution in [0.15, 0.2) is 66.7 Å². The Morgan fingerprint density at radius 1 is 0.774 bits per heavy atom. The maximum Gasteiger partial charge on any atom is 0.320 e. The van der Waals surface area contributed by atoms with Crippen LogP contribution in [0.25, 0.3) is 33.9 Å². The van der Waals surface area contributed by atoms with Crippen LogP contribution in [0.4, 0.5) is 0 Å². The smallest absolute Gasteiger partial charge is 0.320 e. The highest BCUT2D eigenvalue weighted by Crippen LogP contribution is 2.49. The van der Waals surface area contributed by atoms with E-state index in [1.807, 2.05) is 19.1 Å². The Bertz CT molecular complexity index is 1300. The van der Waals surface area contributed by atoms with Gasteiger partial charge in [0.25, 0.3) is 0 Å². The fourth-order valence-electron chi connectivity index (χ4n) is 4.32. The second-order valence-electron chi connectivity index (χ2n) is 8.15. The van der Waals surface area contributed by atoms with Crippen molar-refractivity contribution >= 4 is 0 Å². The molecule has 0 unspecified atom stereocenters. The number of hydrogen-bond donors (Lipinski definition) is 1. The maximum atomic E-state index is 10.3. The fraction of sp³-hybridized carbons (Fsp3) is 0.192. The minimum Gasteiger partial charge on any atom is -0.507 e. The molecule has 3 aromatic carbocycles. The maximum absolute atomic E-state index is 10.3. The molecule has 1 aliphatic rings. The number of aromatic hydroxyl groups is 1. The van der Waals surface area contributed by atoms with E-state index < -0.39 is 0 Å². The van der Waals surface area contributed by atoms with Crippen LogP contribution in [0.3, 0.4) is 0 Å². The minimum atomic E-state index is -0.0545. The number of phenolic OH excluding ortho intramolecular Hbond substituents is 1. The number of rotatable bonds is 4. The van der Waals surface area contributed by atoms with E-state index in [1.54, 1.807) is 18.2 Å². The molecule has 5 heteroatoms. The first-order valence-electron chi connectivity index (χ1n) is 10.4. The topological polar surface area (TPSA) is 68.1 Å². The number of aromatic nitrogens is 3. The van der Waals surface area contributed by atoms with Crippen LogP contribution in [-0.4, -0.2) is 26.7 Å². The van der Waals surface area contributed by atoms with Gasteiger partial charge in [-0.15, -0.1) is 0 Å². The lowest BCUT2D eigenvalue weighted by Crippen LogP contribution is -2.14. The predicted molar refractivity (Wildman–Crippen MR) is 121 cm³/mol. The van der Waals surface area contributed by atoms with E-state index in [1.165, 1.54) is 22.3 Å². The van der Waals surface area contributed by atoms with Gasteiger partial charge in [0, 0.05) is 11.0 Å². The number of para-hydroxylation sites is 1. The Morgan fingerprint density at radius 3 is 2.23 bits per heavy atom. The number of benzene rings is 3. The van der Waals surface area contributed by atoms with Crippen molar-refractivity contribution in [2.45, 2.75) is 26.2 Å². The molecule has 1 aliphatic carbocycles. The van der Waals surface area contributed by atoms with Gasteiger partial charge in [0.2, 0.25) is 0 Å². The van der Waals surface area contributed by atoms with Gasteiger partial charge in [-0.25, -0.2) is 4.98 Å². The number of nitrogens with zero attached hydrogens (tertiary/aromatic N) is 3. The molecule has 1 aromatic heterocycles. The van der Waals surface area contributed by atoms with Crippen molar-refractivity contribution in [3.05, 3.63) is 77.9 Å². The zero-order valence-corrected chi connectivity index (χ0v) is 17.8. The van der Waals surface area contributed by atoms with Crippen LogP contribution < -0.4 is 4.74 Å². The van der Waals surface area contributed by atoms with Gasteiger partial charge >= 0.3 is 6.01 Å². The Hall–Kier alpha value is -3.73. The van der Waals surface area contributed by atoms with Crippen molar-refractivity contribution in [2.24, 2.45) is 0 Å². The molecular weight excluding hydrogens is 386 g/mol. The third kappa shape index (κ3) is 3.13. The molecule has 0 atom stereocenters. The quantitative estimate of drug-likeness (QED) is 0.474. The normalized spacial score (nSPS) is 13.5. The van der Waals surface area contributed by atoms with Crippen molar-refractivity contribution in [2.75, 3.05) is 6.61 Å². The van der Waals surface area contributed by atoms with Gasteiger partial charge in [0.05, 0.1) is 12.2 Å². The van der Waals surface area contributed by atoms with Gasteiger partial charge in [0.15, 0.2) is 11.6 Å². The fourth-order valence-corrected chi connectivity index (χ4v) is 4.32. The van der Waals surface area contributed by atoms with E-state index in [0.717, 1.165) is 5.56 Å². The molecular formula is C26H23N3O2. The van der Waals surface area contributed by atoms with E-state index in [2.05, 4.69) is 65.2 Å². The molecule has 0 aliphatic heterocycles. The molecule has 5 nitrogen and oxygen atoms in total. The van der Waals surface area contributed by atoms with Crippen LogP contribution in [0.5, 0.6) is 11.8 Å². The zero-order chi connectivity index (χ0) is 21.6. The first kappa shape index (κ1) is 19.2. The molecule has 5 rings (SSSR count). The Morgan fingerprint density at radius 2 is 1.45 bits per heavy atom. The van der Waals surface area contributed by atoms with Crippen LogP contribution in [0, 0.1) is 0 Å². The lowest BCUT2D eigenvalue weighted by atomic mass is 9.82. The van der Waals surface area contributed by atoms with Gasteiger partial charge in [0.1, 0.15) is 5.75 Å².